The van der Waals surface area contributed by atoms with Gasteiger partial charge < -0.3 is 9.84 Å². The summed E-state index contributed by atoms with van der Waals surface area (Å²) in [5.74, 6) is -7.58. The quantitative estimate of drug-likeness (QED) is 0.158. The maximum Gasteiger partial charge on any atom is 0.204 e. The van der Waals surface area contributed by atoms with Crippen molar-refractivity contribution in [1.29, 1.82) is 0 Å². The van der Waals surface area contributed by atoms with Gasteiger partial charge in [0, 0.05) is 44.6 Å². The van der Waals surface area contributed by atoms with Crippen LogP contribution >= 0.6 is 0 Å². The molecule has 0 bridgehead atoms. The van der Waals surface area contributed by atoms with Gasteiger partial charge in [0.1, 0.15) is 11.4 Å². The first-order valence-electron chi connectivity index (χ1n) is 11.1. The fourth-order valence-electron chi connectivity index (χ4n) is 3.47. The van der Waals surface area contributed by atoms with Gasteiger partial charge >= 0.3 is 0 Å². The van der Waals surface area contributed by atoms with E-state index < -0.39 is 34.6 Å². The van der Waals surface area contributed by atoms with Gasteiger partial charge in [0.25, 0.3) is 0 Å². The van der Waals surface area contributed by atoms with Gasteiger partial charge in [-0.3, -0.25) is 4.99 Å². The van der Waals surface area contributed by atoms with E-state index in [1.807, 2.05) is 32.9 Å². The van der Waals surface area contributed by atoms with E-state index in [2.05, 4.69) is 25.8 Å². The van der Waals surface area contributed by atoms with Crippen molar-refractivity contribution in [2.45, 2.75) is 59.3 Å². The summed E-state index contributed by atoms with van der Waals surface area (Å²) in [7, 11) is 0. The van der Waals surface area contributed by atoms with E-state index in [4.69, 9.17) is 4.74 Å². The summed E-state index contributed by atoms with van der Waals surface area (Å²) >= 11 is 0. The number of halogens is 4. The summed E-state index contributed by atoms with van der Waals surface area (Å²) in [4.78, 5) is 4.36. The van der Waals surface area contributed by atoms with Crippen molar-refractivity contribution in [3.05, 3.63) is 81.9 Å². The van der Waals surface area contributed by atoms with Crippen molar-refractivity contribution in [3.8, 4) is 17.2 Å². The van der Waals surface area contributed by atoms with E-state index in [9.17, 15) is 22.7 Å². The molecule has 3 nitrogen and oxygen atoms in total. The van der Waals surface area contributed by atoms with Gasteiger partial charge in [0.15, 0.2) is 17.4 Å². The van der Waals surface area contributed by atoms with E-state index in [1.165, 1.54) is 24.4 Å². The number of phenols is 1. The molecule has 3 rings (SSSR count). The summed E-state index contributed by atoms with van der Waals surface area (Å²) in [5.41, 5.74) is 0.997. The van der Waals surface area contributed by atoms with Crippen LogP contribution in [0.1, 0.15) is 63.8 Å². The molecule has 0 saturated carbocycles. The molecule has 36 heavy (non-hydrogen) atoms. The molecule has 0 spiro atoms. The van der Waals surface area contributed by atoms with Crippen LogP contribution in [-0.2, 0) is 32.5 Å². The summed E-state index contributed by atoms with van der Waals surface area (Å²) < 4.78 is 62.0. The van der Waals surface area contributed by atoms with Crippen LogP contribution in [0.4, 0.5) is 23.2 Å². The van der Waals surface area contributed by atoms with E-state index >= 15 is 0 Å². The maximum atomic E-state index is 14.4. The van der Waals surface area contributed by atoms with Crippen LogP contribution in [0, 0.1) is 30.2 Å². The Morgan fingerprint density at radius 3 is 1.92 bits per heavy atom. The molecule has 0 heterocycles. The summed E-state index contributed by atoms with van der Waals surface area (Å²) in [6.07, 6.45) is 1.42. The molecule has 0 unspecified atom stereocenters. The van der Waals surface area contributed by atoms with Gasteiger partial charge in [0.2, 0.25) is 17.4 Å². The minimum atomic E-state index is -1.63. The van der Waals surface area contributed by atoms with Crippen LogP contribution in [-0.4, -0.2) is 11.3 Å². The Morgan fingerprint density at radius 1 is 0.833 bits per heavy atom. The predicted octanol–water partition coefficient (Wildman–Crippen LogP) is 8.39. The number of rotatable bonds is 4. The number of benzene rings is 3. The van der Waals surface area contributed by atoms with Gasteiger partial charge in [-0.1, -0.05) is 59.7 Å². The van der Waals surface area contributed by atoms with Gasteiger partial charge in [-0.2, -0.15) is 8.78 Å². The van der Waals surface area contributed by atoms with E-state index in [0.29, 0.717) is 5.56 Å². The van der Waals surface area contributed by atoms with E-state index in [-0.39, 0.29) is 49.7 Å². The first kappa shape index (κ1) is 29.6. The third kappa shape index (κ3) is 6.01. The Balaban J connectivity index is 0.00000456. The third-order valence-corrected chi connectivity index (χ3v) is 5.68. The largest absolute Gasteiger partial charge is 0.507 e. The van der Waals surface area contributed by atoms with Crippen LogP contribution in [0.15, 0.2) is 41.4 Å². The van der Waals surface area contributed by atoms with Gasteiger partial charge in [0.05, 0.1) is 0 Å². The van der Waals surface area contributed by atoms with Crippen LogP contribution in [0.2, 0.25) is 0 Å². The van der Waals surface area contributed by atoms with Crippen LogP contribution < -0.4 is 4.74 Å². The zero-order valence-corrected chi connectivity index (χ0v) is 22.9. The maximum absolute atomic E-state index is 14.4. The number of nitrogens with zero attached hydrogens (tertiary/aromatic N) is 1. The second kappa shape index (κ2) is 10.8. The number of ether oxygens (including phenoxy) is 1. The van der Waals surface area contributed by atoms with Crippen LogP contribution in [0.25, 0.3) is 0 Å². The fourth-order valence-corrected chi connectivity index (χ4v) is 3.47. The minimum Gasteiger partial charge on any atom is -0.507 e. The Kier molecular flexibility index (Phi) is 8.86. The first-order chi connectivity index (χ1) is 16.1. The zero-order chi connectivity index (χ0) is 26.3. The minimum absolute atomic E-state index is 0. The second-order valence-corrected chi connectivity index (χ2v) is 10.5. The predicted molar refractivity (Wildman–Crippen MR) is 130 cm³/mol. The standard InChI is InChI=1S/C28H29F4NO2.Ti/c1-15-21(29)23(31)26(24(32)22(15)30)35-20-11-9-8-10-19(20)33-14-16-12-17(27(2,3)4)13-18(25(16)34)28(5,6)7;/h8-14,34H,1-7H3;. The molecule has 190 valence electrons. The Morgan fingerprint density at radius 2 is 1.39 bits per heavy atom. The van der Waals surface area contributed by atoms with Crippen molar-refractivity contribution in [1.82, 2.24) is 0 Å². The zero-order valence-electron chi connectivity index (χ0n) is 21.4. The normalized spacial score (nSPS) is 12.1. The van der Waals surface area contributed by atoms with Crippen molar-refractivity contribution in [2.75, 3.05) is 0 Å². The molecule has 3 aromatic carbocycles. The molecule has 8 heteroatoms. The molecule has 0 amide bonds. The average Bonchev–Trinajstić information content (AvgIpc) is 2.77. The van der Waals surface area contributed by atoms with E-state index in [0.717, 1.165) is 18.1 Å². The molecule has 0 saturated heterocycles. The van der Waals surface area contributed by atoms with Crippen molar-refractivity contribution < 1.29 is 49.1 Å². The van der Waals surface area contributed by atoms with Gasteiger partial charge in [-0.05, 0) is 41.5 Å². The smallest absolute Gasteiger partial charge is 0.204 e. The molecule has 0 aliphatic rings. The molecule has 0 radical (unpaired) electrons. The summed E-state index contributed by atoms with van der Waals surface area (Å²) in [5, 5.41) is 11.0. The molecular weight excluding hydrogens is 506 g/mol. The number of aliphatic imine (C=N–C) groups is 1. The topological polar surface area (TPSA) is 41.8 Å². The van der Waals surface area contributed by atoms with Crippen molar-refractivity contribution in [3.63, 3.8) is 0 Å². The number of hydrogen-bond acceptors (Lipinski definition) is 3. The van der Waals surface area contributed by atoms with Crippen molar-refractivity contribution >= 4 is 11.9 Å². The van der Waals surface area contributed by atoms with Gasteiger partial charge in [-0.25, -0.2) is 8.78 Å². The third-order valence-electron chi connectivity index (χ3n) is 5.68. The molecule has 0 fully saturated rings. The summed E-state index contributed by atoms with van der Waals surface area (Å²) in [6.45, 7) is 13.1. The van der Waals surface area contributed by atoms with Crippen LogP contribution in [0.3, 0.4) is 0 Å². The number of aromatic hydroxyl groups is 1. The average molecular weight is 535 g/mol. The molecule has 0 atom stereocenters. The molecule has 0 aromatic heterocycles. The van der Waals surface area contributed by atoms with Crippen molar-refractivity contribution in [2.24, 2.45) is 4.99 Å². The second-order valence-electron chi connectivity index (χ2n) is 10.5. The van der Waals surface area contributed by atoms with Crippen LogP contribution in [0.5, 0.6) is 17.2 Å². The molecule has 0 aliphatic heterocycles. The molecule has 0 aliphatic carbocycles. The molecule has 3 aromatic rings. The summed E-state index contributed by atoms with van der Waals surface area (Å²) in [6, 6.07) is 9.82. The SMILES string of the molecule is Cc1c(F)c(F)c(Oc2ccccc2N=Cc2cc(C(C)(C)C)cc(C(C)(C)C)c2O)c(F)c1F.[Ti]. The Bertz CT molecular complexity index is 1280. The number of para-hydroxylation sites is 2. The fraction of sp³-hybridized carbons (Fsp3) is 0.321. The molecular formula is C28H29F4NO2Ti. The van der Waals surface area contributed by atoms with Gasteiger partial charge in [-0.15, -0.1) is 0 Å². The number of hydrogen-bond donors (Lipinski definition) is 1. The molecule has 1 N–H and O–H groups in total. The monoisotopic (exact) mass is 535 g/mol. The Labute approximate surface area is 224 Å². The first-order valence-corrected chi connectivity index (χ1v) is 11.1. The number of phenolic OH excluding ortho intramolecular Hbond substituents is 1. The van der Waals surface area contributed by atoms with E-state index in [1.54, 1.807) is 6.07 Å². The Hall–Kier alpha value is -2.64.